The third kappa shape index (κ3) is 4.07. The van der Waals surface area contributed by atoms with Crippen molar-refractivity contribution in [3.05, 3.63) is 16.7 Å². The summed E-state index contributed by atoms with van der Waals surface area (Å²) in [4.78, 5) is 17.9. The van der Waals surface area contributed by atoms with Gasteiger partial charge < -0.3 is 20.8 Å². The van der Waals surface area contributed by atoms with Gasteiger partial charge in [0.15, 0.2) is 5.82 Å². The fraction of sp³-hybridized carbons (Fsp3) is 0.636. The highest BCUT2D eigenvalue weighted by atomic mass is 16.5. The van der Waals surface area contributed by atoms with Gasteiger partial charge >= 0.3 is 0 Å². The minimum absolute atomic E-state index is 0.0285. The molecule has 1 rings (SSSR count). The van der Waals surface area contributed by atoms with E-state index in [-0.39, 0.29) is 17.4 Å². The van der Waals surface area contributed by atoms with Gasteiger partial charge in [-0.15, -0.1) is 0 Å². The largest absolute Gasteiger partial charge is 0.489 e. The Balaban J connectivity index is 2.63. The standard InChI is InChI=1S/C11H20N4O2/c1-7(2)4-8(12)5-13-10-9(17-3)11(16)15-6-14-10/h6-8H,4-5,12H2,1-3H3,(H2,13,14,15,16). The van der Waals surface area contributed by atoms with Crippen molar-refractivity contribution in [1.29, 1.82) is 0 Å². The highest BCUT2D eigenvalue weighted by Crippen LogP contribution is 2.14. The molecule has 1 heterocycles. The number of anilines is 1. The van der Waals surface area contributed by atoms with Gasteiger partial charge in [0.05, 0.1) is 13.4 Å². The van der Waals surface area contributed by atoms with Crippen molar-refractivity contribution in [2.45, 2.75) is 26.3 Å². The molecule has 4 N–H and O–H groups in total. The molecule has 0 bridgehead atoms. The van der Waals surface area contributed by atoms with E-state index in [1.807, 2.05) is 0 Å². The first kappa shape index (κ1) is 13.5. The average molecular weight is 240 g/mol. The molecule has 0 aliphatic rings. The number of aromatic nitrogens is 2. The quantitative estimate of drug-likeness (QED) is 0.675. The Morgan fingerprint density at radius 1 is 1.59 bits per heavy atom. The van der Waals surface area contributed by atoms with Crippen LogP contribution in [0, 0.1) is 5.92 Å². The molecule has 1 atom stereocenters. The second-order valence-electron chi connectivity index (χ2n) is 4.38. The van der Waals surface area contributed by atoms with E-state index in [1.54, 1.807) is 0 Å². The molecular weight excluding hydrogens is 220 g/mol. The van der Waals surface area contributed by atoms with Gasteiger partial charge in [0, 0.05) is 12.6 Å². The zero-order valence-electron chi connectivity index (χ0n) is 10.5. The number of methoxy groups -OCH3 is 1. The minimum Gasteiger partial charge on any atom is -0.489 e. The molecule has 0 amide bonds. The lowest BCUT2D eigenvalue weighted by molar-refractivity contribution is 0.407. The number of nitrogens with one attached hydrogen (secondary N) is 2. The van der Waals surface area contributed by atoms with Gasteiger partial charge in [0.25, 0.3) is 5.56 Å². The fourth-order valence-electron chi connectivity index (χ4n) is 1.62. The lowest BCUT2D eigenvalue weighted by Crippen LogP contribution is -2.31. The maximum Gasteiger partial charge on any atom is 0.295 e. The second kappa shape index (κ2) is 6.24. The van der Waals surface area contributed by atoms with Crippen LogP contribution in [0.25, 0.3) is 0 Å². The van der Waals surface area contributed by atoms with Crippen molar-refractivity contribution in [2.24, 2.45) is 11.7 Å². The lowest BCUT2D eigenvalue weighted by atomic mass is 10.0. The minimum atomic E-state index is -0.303. The van der Waals surface area contributed by atoms with E-state index < -0.39 is 0 Å². The molecule has 17 heavy (non-hydrogen) atoms. The number of H-pyrrole nitrogens is 1. The van der Waals surface area contributed by atoms with Gasteiger partial charge in [0.1, 0.15) is 0 Å². The Bertz CT molecular complexity index is 403. The van der Waals surface area contributed by atoms with Crippen LogP contribution >= 0.6 is 0 Å². The van der Waals surface area contributed by atoms with Crippen molar-refractivity contribution in [2.75, 3.05) is 19.0 Å². The van der Waals surface area contributed by atoms with E-state index in [0.717, 1.165) is 6.42 Å². The van der Waals surface area contributed by atoms with Crippen LogP contribution < -0.4 is 21.3 Å². The van der Waals surface area contributed by atoms with E-state index in [0.29, 0.717) is 18.3 Å². The number of ether oxygens (including phenoxy) is 1. The third-order valence-corrected chi connectivity index (χ3v) is 2.32. The zero-order valence-corrected chi connectivity index (χ0v) is 10.5. The Hall–Kier alpha value is -1.56. The molecule has 0 saturated heterocycles. The number of hydrogen-bond acceptors (Lipinski definition) is 5. The van der Waals surface area contributed by atoms with Crippen LogP contribution in [0.15, 0.2) is 11.1 Å². The highest BCUT2D eigenvalue weighted by Gasteiger charge is 2.10. The number of nitrogens with two attached hydrogens (primary N) is 1. The Kier molecular flexibility index (Phi) is 4.96. The summed E-state index contributed by atoms with van der Waals surface area (Å²) < 4.78 is 4.98. The molecule has 0 fully saturated rings. The summed E-state index contributed by atoms with van der Waals surface area (Å²) in [5, 5.41) is 3.03. The molecule has 96 valence electrons. The van der Waals surface area contributed by atoms with Gasteiger partial charge in [0.2, 0.25) is 5.75 Å². The maximum atomic E-state index is 11.4. The monoisotopic (exact) mass is 240 g/mol. The van der Waals surface area contributed by atoms with Crippen LogP contribution in [0.4, 0.5) is 5.82 Å². The second-order valence-corrected chi connectivity index (χ2v) is 4.38. The van der Waals surface area contributed by atoms with Gasteiger partial charge in [-0.3, -0.25) is 4.79 Å². The van der Waals surface area contributed by atoms with Crippen molar-refractivity contribution in [3.8, 4) is 5.75 Å². The van der Waals surface area contributed by atoms with E-state index in [4.69, 9.17) is 10.5 Å². The van der Waals surface area contributed by atoms with Crippen LogP contribution in [0.3, 0.4) is 0 Å². The summed E-state index contributed by atoms with van der Waals surface area (Å²) in [6.45, 7) is 4.79. The van der Waals surface area contributed by atoms with Crippen molar-refractivity contribution < 1.29 is 4.74 Å². The summed E-state index contributed by atoms with van der Waals surface area (Å²) in [5.41, 5.74) is 5.63. The molecule has 1 aromatic heterocycles. The van der Waals surface area contributed by atoms with Gasteiger partial charge in [-0.1, -0.05) is 13.8 Å². The molecule has 0 aromatic carbocycles. The maximum absolute atomic E-state index is 11.4. The summed E-state index contributed by atoms with van der Waals surface area (Å²) in [7, 11) is 1.44. The Morgan fingerprint density at radius 3 is 2.88 bits per heavy atom. The molecule has 0 aliphatic heterocycles. The van der Waals surface area contributed by atoms with E-state index >= 15 is 0 Å². The first-order chi connectivity index (χ1) is 8.04. The van der Waals surface area contributed by atoms with E-state index in [2.05, 4.69) is 29.1 Å². The molecule has 0 saturated carbocycles. The molecule has 6 heteroatoms. The van der Waals surface area contributed by atoms with Crippen LogP contribution in [0.2, 0.25) is 0 Å². The fourth-order valence-corrected chi connectivity index (χ4v) is 1.62. The predicted molar refractivity (Wildman–Crippen MR) is 67.3 cm³/mol. The first-order valence-electron chi connectivity index (χ1n) is 5.65. The number of aromatic amines is 1. The summed E-state index contributed by atoms with van der Waals surface area (Å²) in [6.07, 6.45) is 2.25. The Labute approximate surface area is 101 Å². The molecule has 0 spiro atoms. The SMILES string of the molecule is COc1c(NCC(N)CC(C)C)nc[nH]c1=O. The summed E-state index contributed by atoms with van der Waals surface area (Å²) in [5.74, 6) is 1.15. The van der Waals surface area contributed by atoms with E-state index in [9.17, 15) is 4.79 Å². The molecule has 1 aromatic rings. The molecule has 0 radical (unpaired) electrons. The average Bonchev–Trinajstić information content (AvgIpc) is 2.25. The normalized spacial score (nSPS) is 12.5. The van der Waals surface area contributed by atoms with Crippen LogP contribution in [-0.2, 0) is 0 Å². The predicted octanol–water partition coefficient (Wildman–Crippen LogP) is 0.564. The smallest absolute Gasteiger partial charge is 0.295 e. The van der Waals surface area contributed by atoms with Gasteiger partial charge in [-0.05, 0) is 12.3 Å². The van der Waals surface area contributed by atoms with Crippen molar-refractivity contribution in [3.63, 3.8) is 0 Å². The van der Waals surface area contributed by atoms with Gasteiger partial charge in [-0.2, -0.15) is 0 Å². The number of hydrogen-bond donors (Lipinski definition) is 3. The molecule has 1 unspecified atom stereocenters. The van der Waals surface area contributed by atoms with Crippen LogP contribution in [0.1, 0.15) is 20.3 Å². The topological polar surface area (TPSA) is 93.0 Å². The number of nitrogens with zero attached hydrogens (tertiary/aromatic N) is 1. The molecule has 6 nitrogen and oxygen atoms in total. The van der Waals surface area contributed by atoms with Crippen molar-refractivity contribution in [1.82, 2.24) is 9.97 Å². The Morgan fingerprint density at radius 2 is 2.29 bits per heavy atom. The van der Waals surface area contributed by atoms with Crippen LogP contribution in [-0.4, -0.2) is 29.7 Å². The van der Waals surface area contributed by atoms with E-state index in [1.165, 1.54) is 13.4 Å². The van der Waals surface area contributed by atoms with Crippen molar-refractivity contribution >= 4 is 5.82 Å². The van der Waals surface area contributed by atoms with Gasteiger partial charge in [-0.25, -0.2) is 4.98 Å². The third-order valence-electron chi connectivity index (χ3n) is 2.32. The molecular formula is C11H20N4O2. The molecule has 0 aliphatic carbocycles. The van der Waals surface area contributed by atoms with Crippen LogP contribution in [0.5, 0.6) is 5.75 Å². The zero-order chi connectivity index (χ0) is 12.8. The summed E-state index contributed by atoms with van der Waals surface area (Å²) >= 11 is 0. The highest BCUT2D eigenvalue weighted by molar-refractivity contribution is 5.47. The lowest BCUT2D eigenvalue weighted by Gasteiger charge is -2.15. The number of rotatable bonds is 6. The first-order valence-corrected chi connectivity index (χ1v) is 5.65. The summed E-state index contributed by atoms with van der Waals surface area (Å²) in [6, 6.07) is 0.0285.